The lowest BCUT2D eigenvalue weighted by Gasteiger charge is -2.25. The molecule has 0 radical (unpaired) electrons. The van der Waals surface area contributed by atoms with Crippen LogP contribution in [0, 0.1) is 5.92 Å². The molecule has 1 amide bonds. The van der Waals surface area contributed by atoms with Crippen LogP contribution in [-0.4, -0.2) is 27.9 Å². The van der Waals surface area contributed by atoms with Crippen LogP contribution >= 0.6 is 0 Å². The Morgan fingerprint density at radius 2 is 1.78 bits per heavy atom. The molecule has 0 spiro atoms. The molecule has 27 heavy (non-hydrogen) atoms. The van der Waals surface area contributed by atoms with E-state index in [-0.39, 0.29) is 17.2 Å². The lowest BCUT2D eigenvalue weighted by atomic mass is 9.98. The predicted octanol–water partition coefficient (Wildman–Crippen LogP) is 4.14. The van der Waals surface area contributed by atoms with Gasteiger partial charge in [-0.15, -0.1) is 0 Å². The number of nitrogens with zero attached hydrogens (tertiary/aromatic N) is 2. The molecule has 0 saturated carbocycles. The summed E-state index contributed by atoms with van der Waals surface area (Å²) in [6.07, 6.45) is -1.15. The average molecular weight is 366 g/mol. The first-order valence-corrected chi connectivity index (χ1v) is 8.72. The molecule has 0 aliphatic heterocycles. The van der Waals surface area contributed by atoms with E-state index in [9.17, 15) is 19.8 Å². The second-order valence-electron chi connectivity index (χ2n) is 6.95. The van der Waals surface area contributed by atoms with Gasteiger partial charge in [-0.1, -0.05) is 44.2 Å². The molecule has 2 N–H and O–H groups in total. The van der Waals surface area contributed by atoms with Crippen LogP contribution in [0.3, 0.4) is 0 Å². The number of aromatic nitrogens is 1. The minimum atomic E-state index is -1.15. The van der Waals surface area contributed by atoms with Crippen LogP contribution in [0.5, 0.6) is 5.75 Å². The number of hydrogen-bond acceptors (Lipinski definition) is 3. The van der Waals surface area contributed by atoms with E-state index in [4.69, 9.17) is 0 Å². The third-order valence-corrected chi connectivity index (χ3v) is 4.44. The molecule has 3 rings (SSSR count). The summed E-state index contributed by atoms with van der Waals surface area (Å²) in [5.74, 6) is 0.446. The highest BCUT2D eigenvalue weighted by atomic mass is 16.4. The van der Waals surface area contributed by atoms with Crippen LogP contribution in [0.4, 0.5) is 10.6 Å². The fourth-order valence-corrected chi connectivity index (χ4v) is 3.29. The molecule has 0 unspecified atom stereocenters. The second kappa shape index (κ2) is 7.15. The number of phenolic OH excluding ortho intramolecular Hbond substituents is 1. The van der Waals surface area contributed by atoms with Gasteiger partial charge in [-0.3, -0.25) is 14.3 Å². The molecular formula is C21H22N2O4. The Morgan fingerprint density at radius 3 is 2.37 bits per heavy atom. The van der Waals surface area contributed by atoms with Crippen molar-refractivity contribution >= 4 is 22.7 Å². The van der Waals surface area contributed by atoms with E-state index in [0.29, 0.717) is 28.7 Å². The molecule has 0 fully saturated rings. The number of hydrogen-bond donors (Lipinski definition) is 2. The molecule has 0 aliphatic carbocycles. The maximum atomic E-state index is 13.2. The summed E-state index contributed by atoms with van der Waals surface area (Å²) in [6.45, 7) is 4.29. The number of amides is 1. The predicted molar refractivity (Wildman–Crippen MR) is 107 cm³/mol. The van der Waals surface area contributed by atoms with Gasteiger partial charge in [0, 0.05) is 19.2 Å². The van der Waals surface area contributed by atoms with Gasteiger partial charge in [0.15, 0.2) is 0 Å². The molecule has 1 aromatic heterocycles. The van der Waals surface area contributed by atoms with Crippen molar-refractivity contribution in [3.8, 4) is 16.9 Å². The molecule has 6 heteroatoms. The fraction of sp³-hybridized carbons (Fsp3) is 0.238. The zero-order valence-electron chi connectivity index (χ0n) is 15.5. The Balaban J connectivity index is 2.54. The topological polar surface area (TPSA) is 82.8 Å². The van der Waals surface area contributed by atoms with E-state index in [2.05, 4.69) is 0 Å². The molecule has 2 aromatic carbocycles. The number of phenols is 1. The largest absolute Gasteiger partial charge is 0.508 e. The van der Waals surface area contributed by atoms with Crippen LogP contribution in [-0.2, 0) is 6.54 Å². The monoisotopic (exact) mass is 366 g/mol. The third-order valence-electron chi connectivity index (χ3n) is 4.44. The number of pyridine rings is 1. The van der Waals surface area contributed by atoms with Crippen molar-refractivity contribution in [2.24, 2.45) is 5.92 Å². The molecule has 3 aromatic rings. The molecule has 0 bridgehead atoms. The van der Waals surface area contributed by atoms with Gasteiger partial charge in [0.1, 0.15) is 11.6 Å². The van der Waals surface area contributed by atoms with Gasteiger partial charge in [0.2, 0.25) is 0 Å². The van der Waals surface area contributed by atoms with E-state index >= 15 is 0 Å². The summed E-state index contributed by atoms with van der Waals surface area (Å²) >= 11 is 0. The summed E-state index contributed by atoms with van der Waals surface area (Å²) in [4.78, 5) is 26.1. The molecule has 0 atom stereocenters. The summed E-state index contributed by atoms with van der Waals surface area (Å²) in [5, 5.41) is 20.5. The maximum Gasteiger partial charge on any atom is 0.412 e. The number of carboxylic acid groups (broad SMARTS) is 1. The Morgan fingerprint density at radius 1 is 1.11 bits per heavy atom. The average Bonchev–Trinajstić information content (AvgIpc) is 2.63. The van der Waals surface area contributed by atoms with Crippen molar-refractivity contribution < 1.29 is 15.0 Å². The Kier molecular flexibility index (Phi) is 4.90. The maximum absolute atomic E-state index is 13.2. The van der Waals surface area contributed by atoms with Crippen LogP contribution in [0.2, 0.25) is 0 Å². The number of anilines is 1. The van der Waals surface area contributed by atoms with E-state index in [0.717, 1.165) is 10.5 Å². The number of rotatable bonds is 4. The number of benzene rings is 2. The standard InChI is InChI=1S/C21H22N2O4/c1-13(2)12-23-19(22(3)21(26)27)18(14-7-5-4-6-8-14)16-10-9-15(24)11-17(16)20(23)25/h4-11,13,24H,12H2,1-3H3,(H,26,27). The Bertz CT molecular complexity index is 1060. The van der Waals surface area contributed by atoms with Gasteiger partial charge < -0.3 is 10.2 Å². The molecule has 140 valence electrons. The van der Waals surface area contributed by atoms with Gasteiger partial charge in [0.05, 0.1) is 5.39 Å². The number of carbonyl (C=O) groups is 1. The second-order valence-corrected chi connectivity index (χ2v) is 6.95. The van der Waals surface area contributed by atoms with Crippen molar-refractivity contribution in [2.75, 3.05) is 11.9 Å². The number of fused-ring (bicyclic) bond motifs is 1. The summed E-state index contributed by atoms with van der Waals surface area (Å²) in [7, 11) is 1.44. The third kappa shape index (κ3) is 3.38. The van der Waals surface area contributed by atoms with Gasteiger partial charge in [-0.05, 0) is 35.1 Å². The highest BCUT2D eigenvalue weighted by molar-refractivity contribution is 6.04. The quantitative estimate of drug-likeness (QED) is 0.727. The van der Waals surface area contributed by atoms with Crippen LogP contribution in [0.25, 0.3) is 21.9 Å². The first kappa shape index (κ1) is 18.5. The molecule has 6 nitrogen and oxygen atoms in total. The highest BCUT2D eigenvalue weighted by Gasteiger charge is 2.24. The van der Waals surface area contributed by atoms with Gasteiger partial charge in [0.25, 0.3) is 5.56 Å². The highest BCUT2D eigenvalue weighted by Crippen LogP contribution is 2.37. The smallest absolute Gasteiger partial charge is 0.412 e. The molecule has 1 heterocycles. The summed E-state index contributed by atoms with van der Waals surface area (Å²) in [6, 6.07) is 14.0. The van der Waals surface area contributed by atoms with E-state index in [1.807, 2.05) is 44.2 Å². The van der Waals surface area contributed by atoms with Crippen molar-refractivity contribution in [3.05, 3.63) is 58.9 Å². The van der Waals surface area contributed by atoms with Crippen molar-refractivity contribution in [3.63, 3.8) is 0 Å². The van der Waals surface area contributed by atoms with Gasteiger partial charge in [-0.2, -0.15) is 0 Å². The van der Waals surface area contributed by atoms with Crippen LogP contribution in [0.1, 0.15) is 13.8 Å². The first-order chi connectivity index (χ1) is 12.8. The first-order valence-electron chi connectivity index (χ1n) is 8.72. The van der Waals surface area contributed by atoms with Crippen molar-refractivity contribution in [1.29, 1.82) is 0 Å². The molecular weight excluding hydrogens is 344 g/mol. The zero-order chi connectivity index (χ0) is 19.7. The summed E-state index contributed by atoms with van der Waals surface area (Å²) < 4.78 is 1.49. The molecule has 0 saturated heterocycles. The Labute approximate surface area is 156 Å². The fourth-order valence-electron chi connectivity index (χ4n) is 3.29. The minimum absolute atomic E-state index is 0.00551. The summed E-state index contributed by atoms with van der Waals surface area (Å²) in [5.41, 5.74) is 1.13. The zero-order valence-corrected chi connectivity index (χ0v) is 15.5. The lowest BCUT2D eigenvalue weighted by molar-refractivity contribution is 0.203. The number of aromatic hydroxyl groups is 1. The van der Waals surface area contributed by atoms with Gasteiger partial charge in [-0.25, -0.2) is 4.79 Å². The van der Waals surface area contributed by atoms with Crippen LogP contribution < -0.4 is 10.5 Å². The Hall–Kier alpha value is -3.28. The SMILES string of the molecule is CC(C)Cn1c(N(C)C(=O)O)c(-c2ccccc2)c2ccc(O)cc2c1=O. The van der Waals surface area contributed by atoms with E-state index in [1.54, 1.807) is 6.07 Å². The lowest BCUT2D eigenvalue weighted by Crippen LogP contribution is -2.34. The van der Waals surface area contributed by atoms with E-state index in [1.165, 1.54) is 23.7 Å². The minimum Gasteiger partial charge on any atom is -0.508 e. The normalized spacial score (nSPS) is 11.1. The van der Waals surface area contributed by atoms with Crippen LogP contribution in [0.15, 0.2) is 53.3 Å². The van der Waals surface area contributed by atoms with Crippen molar-refractivity contribution in [1.82, 2.24) is 4.57 Å². The van der Waals surface area contributed by atoms with Crippen molar-refractivity contribution in [2.45, 2.75) is 20.4 Å². The van der Waals surface area contributed by atoms with Gasteiger partial charge >= 0.3 is 6.09 Å². The van der Waals surface area contributed by atoms with E-state index < -0.39 is 6.09 Å². The molecule has 0 aliphatic rings.